The van der Waals surface area contributed by atoms with Crippen molar-refractivity contribution in [2.24, 2.45) is 0 Å². The van der Waals surface area contributed by atoms with Gasteiger partial charge in [-0.25, -0.2) is 9.97 Å². The highest BCUT2D eigenvalue weighted by Gasteiger charge is 2.27. The number of halogens is 4. The molecule has 0 saturated carbocycles. The van der Waals surface area contributed by atoms with Crippen LogP contribution in [0.5, 0.6) is 0 Å². The van der Waals surface area contributed by atoms with Crippen molar-refractivity contribution in [1.29, 1.82) is 0 Å². The Morgan fingerprint density at radius 2 is 0.850 bits per heavy atom. The molecule has 0 aliphatic carbocycles. The fourth-order valence-electron chi connectivity index (χ4n) is 6.26. The van der Waals surface area contributed by atoms with Gasteiger partial charge in [0.25, 0.3) is 0 Å². The molecule has 3 aromatic rings. The number of hydrogen-bond acceptors (Lipinski definition) is 2. The lowest BCUT2D eigenvalue weighted by molar-refractivity contribution is 1.14. The summed E-state index contributed by atoms with van der Waals surface area (Å²) in [5.41, 5.74) is 18.1. The van der Waals surface area contributed by atoms with E-state index in [0.29, 0.717) is 0 Å². The summed E-state index contributed by atoms with van der Waals surface area (Å²) in [6.07, 6.45) is 3.58. The topological polar surface area (TPSA) is 57.4 Å². The largest absolute Gasteiger partial charge is 0.353 e. The van der Waals surface area contributed by atoms with Crippen molar-refractivity contribution in [2.45, 2.75) is 81.1 Å². The Kier molecular flexibility index (Phi) is 8.48. The van der Waals surface area contributed by atoms with E-state index < -0.39 is 0 Å². The van der Waals surface area contributed by atoms with Gasteiger partial charge in [-0.3, -0.25) is 0 Å². The van der Waals surface area contributed by atoms with E-state index >= 15 is 0 Å². The van der Waals surface area contributed by atoms with Crippen LogP contribution in [0, 0.1) is 13.8 Å². The SMILES string of the molecule is CCC1=C(C)c2nc1c(Br)c1nc(c(Br)c3[nH]c(c(CC)c3C)c(Br)c3[nH]c(c2Br)c(CC)c3C)C(CC)=C1C. The van der Waals surface area contributed by atoms with Gasteiger partial charge in [0.05, 0.1) is 62.7 Å². The molecule has 0 fully saturated rings. The van der Waals surface area contributed by atoms with Crippen LogP contribution in [0.1, 0.15) is 99.4 Å². The first-order valence-electron chi connectivity index (χ1n) is 13.9. The second-order valence-electron chi connectivity index (χ2n) is 10.5. The van der Waals surface area contributed by atoms with E-state index in [0.717, 1.165) is 88.4 Å². The van der Waals surface area contributed by atoms with Crippen LogP contribution in [0.25, 0.3) is 44.4 Å². The molecule has 0 amide bonds. The molecule has 2 aliphatic heterocycles. The third-order valence-corrected chi connectivity index (χ3v) is 11.6. The Labute approximate surface area is 270 Å². The van der Waals surface area contributed by atoms with Gasteiger partial charge in [-0.05, 0) is 162 Å². The summed E-state index contributed by atoms with van der Waals surface area (Å²) in [7, 11) is 0. The number of H-pyrrole nitrogens is 2. The predicted molar refractivity (Wildman–Crippen MR) is 186 cm³/mol. The summed E-state index contributed by atoms with van der Waals surface area (Å²) in [6, 6.07) is 0. The van der Waals surface area contributed by atoms with Crippen LogP contribution >= 0.6 is 63.7 Å². The summed E-state index contributed by atoms with van der Waals surface area (Å²) in [5, 5.41) is 0. The fourth-order valence-corrected chi connectivity index (χ4v) is 9.16. The highest BCUT2D eigenvalue weighted by Crippen LogP contribution is 2.45. The number of allylic oxidation sites excluding steroid dienone is 4. The summed E-state index contributed by atoms with van der Waals surface area (Å²) < 4.78 is 3.95. The molecule has 0 aromatic carbocycles. The van der Waals surface area contributed by atoms with E-state index in [1.54, 1.807) is 0 Å². The first-order chi connectivity index (χ1) is 19.0. The zero-order chi connectivity index (χ0) is 29.2. The van der Waals surface area contributed by atoms with Crippen molar-refractivity contribution in [3.63, 3.8) is 0 Å². The Hall–Kier alpha value is -1.48. The van der Waals surface area contributed by atoms with E-state index in [4.69, 9.17) is 9.97 Å². The molecule has 0 saturated heterocycles. The Morgan fingerprint density at radius 1 is 0.475 bits per heavy atom. The number of aryl methyl sites for hydroxylation is 4. The van der Waals surface area contributed by atoms with Crippen LogP contribution in [0.3, 0.4) is 0 Å². The average Bonchev–Trinajstić information content (AvgIpc) is 3.66. The Morgan fingerprint density at radius 3 is 1.30 bits per heavy atom. The van der Waals surface area contributed by atoms with Crippen LogP contribution in [0.2, 0.25) is 0 Å². The maximum Gasteiger partial charge on any atom is 0.0836 e. The maximum absolute atomic E-state index is 5.26. The van der Waals surface area contributed by atoms with Gasteiger partial charge in [-0.1, -0.05) is 27.7 Å². The zero-order valence-electron chi connectivity index (χ0n) is 24.2. The highest BCUT2D eigenvalue weighted by atomic mass is 79.9. The number of aromatic amines is 2. The highest BCUT2D eigenvalue weighted by molar-refractivity contribution is 9.11. The van der Waals surface area contributed by atoms with Gasteiger partial charge >= 0.3 is 0 Å². The van der Waals surface area contributed by atoms with Gasteiger partial charge in [-0.2, -0.15) is 0 Å². The predicted octanol–water partition coefficient (Wildman–Crippen LogP) is 11.8. The molecule has 8 heteroatoms. The van der Waals surface area contributed by atoms with Crippen LogP contribution < -0.4 is 0 Å². The van der Waals surface area contributed by atoms with Gasteiger partial charge in [0, 0.05) is 0 Å². The molecule has 4 nitrogen and oxygen atoms in total. The normalized spacial score (nSPS) is 13.7. The van der Waals surface area contributed by atoms with Gasteiger partial charge in [-0.15, -0.1) is 0 Å². The molecule has 0 unspecified atom stereocenters. The van der Waals surface area contributed by atoms with Crippen molar-refractivity contribution in [2.75, 3.05) is 0 Å². The Balaban J connectivity index is 2.15. The standard InChI is InChI=1S/C32H34Br4N4/c1-9-17-13(5)25-22(34)30-19(11-3)15(7)27(39-30)24(36)32-20(12-4)16(8)28(40-32)23(35)31-18(10-2)14(6)26(38-31)21(33)29(17)37-25/h37-38H,9-12H2,1-8H3. The molecular formula is C32H34Br4N4. The smallest absolute Gasteiger partial charge is 0.0836 e. The summed E-state index contributed by atoms with van der Waals surface area (Å²) >= 11 is 16.0. The number of fused-ring (bicyclic) bond motifs is 8. The van der Waals surface area contributed by atoms with Crippen LogP contribution in [-0.4, -0.2) is 19.9 Å². The molecule has 210 valence electrons. The third kappa shape index (κ3) is 4.38. The summed E-state index contributed by atoms with van der Waals surface area (Å²) in [6.45, 7) is 17.6. The molecular weight excluding hydrogens is 760 g/mol. The van der Waals surface area contributed by atoms with Crippen molar-refractivity contribution < 1.29 is 0 Å². The van der Waals surface area contributed by atoms with Crippen molar-refractivity contribution in [3.05, 3.63) is 62.9 Å². The number of aromatic nitrogens is 4. The molecule has 3 aromatic heterocycles. The minimum atomic E-state index is 0.880. The molecule has 2 N–H and O–H groups in total. The lowest BCUT2D eigenvalue weighted by Gasteiger charge is -2.05. The minimum absolute atomic E-state index is 0.880. The monoisotopic (exact) mass is 790 g/mol. The molecule has 0 spiro atoms. The molecule has 2 aliphatic rings. The van der Waals surface area contributed by atoms with E-state index in [9.17, 15) is 0 Å². The quantitative estimate of drug-likeness (QED) is 0.276. The van der Waals surface area contributed by atoms with Gasteiger partial charge in [0.1, 0.15) is 0 Å². The van der Waals surface area contributed by atoms with Crippen molar-refractivity contribution >= 4 is 108 Å². The number of nitrogens with zero attached hydrogens (tertiary/aromatic N) is 2. The van der Waals surface area contributed by atoms with Gasteiger partial charge < -0.3 is 9.97 Å². The van der Waals surface area contributed by atoms with Crippen LogP contribution in [0.15, 0.2) is 17.9 Å². The molecule has 8 bridgehead atoms. The maximum atomic E-state index is 5.26. The van der Waals surface area contributed by atoms with Crippen LogP contribution in [0.4, 0.5) is 0 Å². The van der Waals surface area contributed by atoms with Crippen LogP contribution in [-0.2, 0) is 12.8 Å². The molecule has 5 heterocycles. The molecule has 40 heavy (non-hydrogen) atoms. The minimum Gasteiger partial charge on any atom is -0.353 e. The average molecular weight is 794 g/mol. The number of hydrogen-bond donors (Lipinski definition) is 2. The molecule has 0 radical (unpaired) electrons. The molecule has 0 atom stereocenters. The first kappa shape index (κ1) is 30.0. The zero-order valence-corrected chi connectivity index (χ0v) is 30.6. The fraction of sp³-hybridized carbons (Fsp3) is 0.375. The Bertz CT molecular complexity index is 1820. The summed E-state index contributed by atoms with van der Waals surface area (Å²) in [5.74, 6) is 0. The van der Waals surface area contributed by atoms with Gasteiger partial charge in [0.15, 0.2) is 0 Å². The van der Waals surface area contributed by atoms with E-state index in [1.165, 1.54) is 44.5 Å². The van der Waals surface area contributed by atoms with Crippen molar-refractivity contribution in [3.8, 4) is 0 Å². The summed E-state index contributed by atoms with van der Waals surface area (Å²) in [4.78, 5) is 18.1. The van der Waals surface area contributed by atoms with Crippen molar-refractivity contribution in [1.82, 2.24) is 19.9 Å². The lowest BCUT2D eigenvalue weighted by Crippen LogP contribution is -1.89. The van der Waals surface area contributed by atoms with E-state index in [1.807, 2.05) is 0 Å². The second-order valence-corrected chi connectivity index (χ2v) is 13.6. The van der Waals surface area contributed by atoms with E-state index in [2.05, 4.69) is 129 Å². The molecule has 5 rings (SSSR count). The van der Waals surface area contributed by atoms with E-state index in [-0.39, 0.29) is 0 Å². The number of nitrogens with one attached hydrogen (secondary N) is 2. The lowest BCUT2D eigenvalue weighted by atomic mass is 10.0. The third-order valence-electron chi connectivity index (χ3n) is 8.52. The first-order valence-corrected chi connectivity index (χ1v) is 17.1. The van der Waals surface area contributed by atoms with Gasteiger partial charge in [0.2, 0.25) is 0 Å². The number of rotatable bonds is 4. The second kappa shape index (κ2) is 11.3.